The van der Waals surface area contributed by atoms with Gasteiger partial charge in [0.25, 0.3) is 6.43 Å². The van der Waals surface area contributed by atoms with Crippen LogP contribution in [0.4, 0.5) is 17.6 Å². The molecule has 9 nitrogen and oxygen atoms in total. The lowest BCUT2D eigenvalue weighted by atomic mass is 9.95. The van der Waals surface area contributed by atoms with Gasteiger partial charge in [-0.05, 0) is 44.2 Å². The number of benzene rings is 2. The van der Waals surface area contributed by atoms with Crippen molar-refractivity contribution in [1.82, 2.24) is 4.90 Å². The van der Waals surface area contributed by atoms with Gasteiger partial charge in [-0.1, -0.05) is 35.4 Å². The molecule has 0 bridgehead atoms. The number of hydrogen-bond acceptors (Lipinski definition) is 8. The Bertz CT molecular complexity index is 1250. The normalized spacial score (nSPS) is 24.9. The van der Waals surface area contributed by atoms with Crippen LogP contribution in [0.2, 0.25) is 0 Å². The molecule has 210 valence electrons. The van der Waals surface area contributed by atoms with E-state index >= 15 is 8.78 Å². The summed E-state index contributed by atoms with van der Waals surface area (Å²) in [6.07, 6.45) is -8.39. The molecule has 2 aromatic rings. The van der Waals surface area contributed by atoms with Crippen LogP contribution in [0.1, 0.15) is 17.5 Å². The lowest BCUT2D eigenvalue weighted by Crippen LogP contribution is -2.57. The number of carbonyl (C=O) groups excluding carboxylic acids is 2. The molecule has 2 heterocycles. The van der Waals surface area contributed by atoms with Gasteiger partial charge in [0.1, 0.15) is 18.1 Å². The number of aliphatic hydroxyl groups excluding tert-OH is 1. The Labute approximate surface area is 220 Å². The zero-order valence-corrected chi connectivity index (χ0v) is 21.5. The number of amides is 1. The SMILES string of the molecule is Cc1ccc(OP(=O)(OC[C@@]2(C(F)F)O[C@@H](N3C=CC(=O)CC3=O)[C@H](O)C2(F)F)Oc2ccc(C)cc2)cc1. The van der Waals surface area contributed by atoms with Crippen LogP contribution in [-0.2, 0) is 23.4 Å². The summed E-state index contributed by atoms with van der Waals surface area (Å²) < 4.78 is 93.6. The van der Waals surface area contributed by atoms with Crippen LogP contribution < -0.4 is 9.05 Å². The fraction of sp³-hybridized carbons (Fsp3) is 0.360. The highest BCUT2D eigenvalue weighted by Gasteiger charge is 2.74. The molecular formula is C25H24F4NO8P. The van der Waals surface area contributed by atoms with E-state index in [1.807, 2.05) is 0 Å². The number of hydrogen-bond donors (Lipinski definition) is 1. The lowest BCUT2D eigenvalue weighted by Gasteiger charge is -2.34. The highest BCUT2D eigenvalue weighted by Crippen LogP contribution is 2.55. The molecule has 1 saturated heterocycles. The summed E-state index contributed by atoms with van der Waals surface area (Å²) in [5.41, 5.74) is -2.28. The number of phosphoric acid groups is 1. The molecule has 0 spiro atoms. The minimum Gasteiger partial charge on any atom is -0.395 e. The largest absolute Gasteiger partial charge is 0.587 e. The first-order valence-corrected chi connectivity index (χ1v) is 13.0. The number of alkyl halides is 4. The van der Waals surface area contributed by atoms with Crippen molar-refractivity contribution in [2.24, 2.45) is 0 Å². The van der Waals surface area contributed by atoms with Crippen LogP contribution in [0.15, 0.2) is 60.8 Å². The van der Waals surface area contributed by atoms with E-state index in [4.69, 9.17) is 18.3 Å². The molecular weight excluding hydrogens is 549 g/mol. The second-order valence-electron chi connectivity index (χ2n) is 9.06. The van der Waals surface area contributed by atoms with Crippen LogP contribution in [0, 0.1) is 13.8 Å². The average molecular weight is 573 g/mol. The highest BCUT2D eigenvalue weighted by molar-refractivity contribution is 7.49. The van der Waals surface area contributed by atoms with Crippen molar-refractivity contribution in [3.05, 3.63) is 71.9 Å². The number of phosphoric ester groups is 1. The van der Waals surface area contributed by atoms with E-state index in [9.17, 15) is 28.0 Å². The molecule has 14 heteroatoms. The molecule has 2 aromatic carbocycles. The predicted molar refractivity (Wildman–Crippen MR) is 127 cm³/mol. The molecule has 2 aliphatic rings. The van der Waals surface area contributed by atoms with E-state index < -0.39 is 62.8 Å². The fourth-order valence-electron chi connectivity index (χ4n) is 3.86. The van der Waals surface area contributed by atoms with Crippen molar-refractivity contribution < 1.29 is 55.1 Å². The van der Waals surface area contributed by atoms with Gasteiger partial charge in [0.15, 0.2) is 18.1 Å². The number of nitrogens with zero attached hydrogens (tertiary/aromatic N) is 1. The predicted octanol–water partition coefficient (Wildman–Crippen LogP) is 4.56. The second-order valence-corrected chi connectivity index (χ2v) is 10.6. The number of ether oxygens (including phenoxy) is 1. The van der Waals surface area contributed by atoms with Crippen LogP contribution in [0.5, 0.6) is 11.5 Å². The first kappa shape index (κ1) is 28.8. The van der Waals surface area contributed by atoms with E-state index in [1.54, 1.807) is 38.1 Å². The van der Waals surface area contributed by atoms with Crippen molar-refractivity contribution in [2.75, 3.05) is 6.61 Å². The van der Waals surface area contributed by atoms with Gasteiger partial charge in [-0.3, -0.25) is 19.0 Å². The van der Waals surface area contributed by atoms with Gasteiger partial charge in [0.05, 0.1) is 6.42 Å². The summed E-state index contributed by atoms with van der Waals surface area (Å²) >= 11 is 0. The number of ketones is 1. The van der Waals surface area contributed by atoms with Crippen LogP contribution >= 0.6 is 7.82 Å². The Morgan fingerprint density at radius 1 is 1.03 bits per heavy atom. The third-order valence-corrected chi connectivity index (χ3v) is 7.43. The number of aryl methyl sites for hydroxylation is 2. The van der Waals surface area contributed by atoms with Crippen molar-refractivity contribution in [3.8, 4) is 11.5 Å². The highest BCUT2D eigenvalue weighted by atomic mass is 31.2. The molecule has 1 amide bonds. The van der Waals surface area contributed by atoms with Crippen LogP contribution in [0.25, 0.3) is 0 Å². The molecule has 3 atom stereocenters. The fourth-order valence-corrected chi connectivity index (χ4v) is 5.11. The number of aliphatic hydroxyl groups is 1. The van der Waals surface area contributed by atoms with Gasteiger partial charge in [0, 0.05) is 6.20 Å². The van der Waals surface area contributed by atoms with Gasteiger partial charge in [0.2, 0.25) is 11.5 Å². The van der Waals surface area contributed by atoms with E-state index in [-0.39, 0.29) is 11.5 Å². The maximum Gasteiger partial charge on any atom is 0.587 e. The third-order valence-electron chi connectivity index (χ3n) is 6.11. The Hall–Kier alpha value is -3.25. The molecule has 2 aliphatic heterocycles. The summed E-state index contributed by atoms with van der Waals surface area (Å²) in [5.74, 6) is -6.58. The third kappa shape index (κ3) is 5.72. The van der Waals surface area contributed by atoms with Gasteiger partial charge >= 0.3 is 13.7 Å². The van der Waals surface area contributed by atoms with Crippen molar-refractivity contribution in [2.45, 2.75) is 50.5 Å². The summed E-state index contributed by atoms with van der Waals surface area (Å²) in [5, 5.41) is 10.3. The summed E-state index contributed by atoms with van der Waals surface area (Å²) in [4.78, 5) is 24.1. The smallest absolute Gasteiger partial charge is 0.395 e. The summed E-state index contributed by atoms with van der Waals surface area (Å²) in [6, 6.07) is 11.8. The average Bonchev–Trinajstić information content (AvgIpc) is 3.07. The maximum absolute atomic E-state index is 15.3. The summed E-state index contributed by atoms with van der Waals surface area (Å²) in [7, 11) is -4.94. The zero-order valence-electron chi connectivity index (χ0n) is 20.6. The first-order valence-electron chi connectivity index (χ1n) is 11.6. The minimum absolute atomic E-state index is 0.0760. The van der Waals surface area contributed by atoms with E-state index in [1.165, 1.54) is 24.3 Å². The Morgan fingerprint density at radius 3 is 2.00 bits per heavy atom. The molecule has 1 N–H and O–H groups in total. The Kier molecular flexibility index (Phi) is 7.91. The van der Waals surface area contributed by atoms with Crippen LogP contribution in [-0.4, -0.2) is 58.6 Å². The lowest BCUT2D eigenvalue weighted by molar-refractivity contribution is -0.243. The maximum atomic E-state index is 15.3. The molecule has 39 heavy (non-hydrogen) atoms. The number of allylic oxidation sites excluding steroid dienone is 1. The Morgan fingerprint density at radius 2 is 1.54 bits per heavy atom. The minimum atomic E-state index is -4.94. The number of carbonyl (C=O) groups is 2. The standard InChI is InChI=1S/C25H24F4NO8P/c1-15-3-7-18(8-4-15)37-39(34,38-19-9-5-16(2)6-10-19)35-14-24(23(26)27)25(28,29)21(33)22(36-24)30-12-11-17(31)13-20(30)32/h3-12,21-23,33H,13-14H2,1-2H3/t21-,22+,24-/m0/s1. The van der Waals surface area contributed by atoms with Gasteiger partial charge in [-0.2, -0.15) is 8.78 Å². The number of halogens is 4. The molecule has 0 radical (unpaired) electrons. The topological polar surface area (TPSA) is 112 Å². The molecule has 0 aromatic heterocycles. The quantitative estimate of drug-likeness (QED) is 0.264. The molecule has 1 fully saturated rings. The number of rotatable bonds is 9. The van der Waals surface area contributed by atoms with E-state index in [2.05, 4.69) is 0 Å². The molecule has 0 unspecified atom stereocenters. The monoisotopic (exact) mass is 573 g/mol. The molecule has 0 aliphatic carbocycles. The van der Waals surface area contributed by atoms with Gasteiger partial charge in [-0.15, -0.1) is 0 Å². The van der Waals surface area contributed by atoms with Gasteiger partial charge < -0.3 is 18.9 Å². The van der Waals surface area contributed by atoms with E-state index in [0.717, 1.165) is 23.4 Å². The zero-order chi connectivity index (χ0) is 28.6. The van der Waals surface area contributed by atoms with Crippen molar-refractivity contribution in [1.29, 1.82) is 0 Å². The Balaban J connectivity index is 1.65. The van der Waals surface area contributed by atoms with Crippen LogP contribution in [0.3, 0.4) is 0 Å². The first-order chi connectivity index (χ1) is 18.3. The van der Waals surface area contributed by atoms with Gasteiger partial charge in [-0.25, -0.2) is 13.3 Å². The second kappa shape index (κ2) is 10.7. The molecule has 4 rings (SSSR count). The van der Waals surface area contributed by atoms with Crippen molar-refractivity contribution >= 4 is 19.5 Å². The summed E-state index contributed by atoms with van der Waals surface area (Å²) in [6.45, 7) is 1.74. The van der Waals surface area contributed by atoms with Crippen molar-refractivity contribution in [3.63, 3.8) is 0 Å². The molecule has 0 saturated carbocycles. The van der Waals surface area contributed by atoms with E-state index in [0.29, 0.717) is 4.90 Å².